The number of carboxylic acids is 1. The van der Waals surface area contributed by atoms with E-state index in [1.807, 2.05) is 61.7 Å². The van der Waals surface area contributed by atoms with Crippen molar-refractivity contribution in [3.8, 4) is 11.1 Å². The Hall–Kier alpha value is -5.16. The number of benzene rings is 5. The van der Waals surface area contributed by atoms with E-state index in [4.69, 9.17) is 0 Å². The van der Waals surface area contributed by atoms with Crippen molar-refractivity contribution in [1.29, 1.82) is 0 Å². The third-order valence-corrected chi connectivity index (χ3v) is 7.38. The lowest BCUT2D eigenvalue weighted by Gasteiger charge is -2.17. The number of amides is 1. The number of carbonyl (C=O) groups excluding carboxylic acids is 1. The van der Waals surface area contributed by atoms with Crippen LogP contribution < -0.4 is 5.32 Å². The van der Waals surface area contributed by atoms with Crippen LogP contribution in [-0.2, 0) is 6.54 Å². The molecule has 0 bridgehead atoms. The summed E-state index contributed by atoms with van der Waals surface area (Å²) in [5.41, 5.74) is 5.68. The van der Waals surface area contributed by atoms with Crippen LogP contribution in [-0.4, -0.2) is 21.6 Å². The molecular formula is C35H28N2O3. The molecule has 0 saturated carbocycles. The van der Waals surface area contributed by atoms with Gasteiger partial charge in [-0.1, -0.05) is 78.9 Å². The SMILES string of the molecule is C[C@H](NC(=O)c1cc(-c2ccccc2)cc2ccn(Cc3ccc4ccccc4c3)c12)c1ccc(C(=O)O)cc1. The molecular weight excluding hydrogens is 496 g/mol. The molecule has 0 aliphatic heterocycles. The summed E-state index contributed by atoms with van der Waals surface area (Å²) in [6, 6.07) is 37.3. The molecule has 5 heteroatoms. The van der Waals surface area contributed by atoms with Crippen LogP contribution in [0.2, 0.25) is 0 Å². The molecule has 0 spiro atoms. The quantitative estimate of drug-likeness (QED) is 0.225. The van der Waals surface area contributed by atoms with Gasteiger partial charge in [0.2, 0.25) is 0 Å². The first kappa shape index (κ1) is 25.1. The summed E-state index contributed by atoms with van der Waals surface area (Å²) >= 11 is 0. The second kappa shape index (κ2) is 10.5. The number of nitrogens with one attached hydrogen (secondary N) is 1. The van der Waals surface area contributed by atoms with Crippen molar-refractivity contribution in [2.24, 2.45) is 0 Å². The zero-order chi connectivity index (χ0) is 27.6. The molecule has 40 heavy (non-hydrogen) atoms. The minimum absolute atomic E-state index is 0.184. The molecule has 2 N–H and O–H groups in total. The second-order valence-corrected chi connectivity index (χ2v) is 10.1. The van der Waals surface area contributed by atoms with Crippen molar-refractivity contribution >= 4 is 33.6 Å². The van der Waals surface area contributed by atoms with Crippen LogP contribution in [0.1, 0.15) is 44.8 Å². The van der Waals surface area contributed by atoms with Crippen LogP contribution in [0.3, 0.4) is 0 Å². The maximum Gasteiger partial charge on any atom is 0.335 e. The highest BCUT2D eigenvalue weighted by molar-refractivity contribution is 6.08. The predicted molar refractivity (Wildman–Crippen MR) is 160 cm³/mol. The van der Waals surface area contributed by atoms with Gasteiger partial charge in [0, 0.05) is 18.1 Å². The maximum absolute atomic E-state index is 13.9. The third-order valence-electron chi connectivity index (χ3n) is 7.38. The number of rotatable bonds is 7. The lowest BCUT2D eigenvalue weighted by molar-refractivity contribution is 0.0696. The average molecular weight is 525 g/mol. The predicted octanol–water partition coefficient (Wildman–Crippen LogP) is 7.70. The largest absolute Gasteiger partial charge is 0.478 e. The number of aromatic carboxylic acids is 1. The van der Waals surface area contributed by atoms with Crippen LogP contribution in [0, 0.1) is 0 Å². The zero-order valence-corrected chi connectivity index (χ0v) is 22.0. The van der Waals surface area contributed by atoms with Crippen molar-refractivity contribution < 1.29 is 14.7 Å². The molecule has 0 saturated heterocycles. The van der Waals surface area contributed by atoms with Gasteiger partial charge in [-0.05, 0) is 76.3 Å². The Morgan fingerprint density at radius 2 is 1.48 bits per heavy atom. The number of carbonyl (C=O) groups is 2. The van der Waals surface area contributed by atoms with Crippen LogP contribution >= 0.6 is 0 Å². The number of aromatic nitrogens is 1. The van der Waals surface area contributed by atoms with E-state index < -0.39 is 5.97 Å². The minimum atomic E-state index is -0.976. The molecule has 1 amide bonds. The van der Waals surface area contributed by atoms with E-state index in [-0.39, 0.29) is 17.5 Å². The normalized spacial score (nSPS) is 11.9. The van der Waals surface area contributed by atoms with E-state index >= 15 is 0 Å². The molecule has 0 unspecified atom stereocenters. The lowest BCUT2D eigenvalue weighted by atomic mass is 9.99. The van der Waals surface area contributed by atoms with Gasteiger partial charge in [-0.15, -0.1) is 0 Å². The lowest BCUT2D eigenvalue weighted by Crippen LogP contribution is -2.27. The van der Waals surface area contributed by atoms with Gasteiger partial charge < -0.3 is 15.0 Å². The Kier molecular flexibility index (Phi) is 6.62. The van der Waals surface area contributed by atoms with E-state index in [9.17, 15) is 14.7 Å². The average Bonchev–Trinajstić information content (AvgIpc) is 3.39. The highest BCUT2D eigenvalue weighted by atomic mass is 16.4. The minimum Gasteiger partial charge on any atom is -0.478 e. The van der Waals surface area contributed by atoms with E-state index in [2.05, 4.69) is 52.3 Å². The van der Waals surface area contributed by atoms with Crippen LogP contribution in [0.4, 0.5) is 0 Å². The first-order valence-electron chi connectivity index (χ1n) is 13.3. The highest BCUT2D eigenvalue weighted by Gasteiger charge is 2.19. The molecule has 1 heterocycles. The Balaban J connectivity index is 1.39. The van der Waals surface area contributed by atoms with Crippen molar-refractivity contribution in [3.05, 3.63) is 144 Å². The number of nitrogens with zero attached hydrogens (tertiary/aromatic N) is 1. The van der Waals surface area contributed by atoms with Crippen LogP contribution in [0.15, 0.2) is 121 Å². The summed E-state index contributed by atoms with van der Waals surface area (Å²) in [6.45, 7) is 2.53. The number of carboxylic acid groups (broad SMARTS) is 1. The van der Waals surface area contributed by atoms with Gasteiger partial charge >= 0.3 is 5.97 Å². The van der Waals surface area contributed by atoms with Gasteiger partial charge in [0.1, 0.15) is 0 Å². The molecule has 0 radical (unpaired) electrons. The Morgan fingerprint density at radius 3 is 2.23 bits per heavy atom. The number of hydrogen-bond acceptors (Lipinski definition) is 2. The summed E-state index contributed by atoms with van der Waals surface area (Å²) in [7, 11) is 0. The topological polar surface area (TPSA) is 71.3 Å². The smallest absolute Gasteiger partial charge is 0.335 e. The van der Waals surface area contributed by atoms with Gasteiger partial charge in [-0.25, -0.2) is 4.79 Å². The fraction of sp³-hybridized carbons (Fsp3) is 0.0857. The second-order valence-electron chi connectivity index (χ2n) is 10.1. The van der Waals surface area contributed by atoms with Crippen molar-refractivity contribution in [3.63, 3.8) is 0 Å². The van der Waals surface area contributed by atoms with Gasteiger partial charge in [0.05, 0.1) is 22.7 Å². The monoisotopic (exact) mass is 524 g/mol. The fourth-order valence-electron chi connectivity index (χ4n) is 5.26. The van der Waals surface area contributed by atoms with Gasteiger partial charge in [-0.2, -0.15) is 0 Å². The molecule has 5 nitrogen and oxygen atoms in total. The van der Waals surface area contributed by atoms with Crippen LogP contribution in [0.5, 0.6) is 0 Å². The number of fused-ring (bicyclic) bond motifs is 2. The van der Waals surface area contributed by atoms with E-state index in [0.29, 0.717) is 12.1 Å². The van der Waals surface area contributed by atoms with Crippen molar-refractivity contribution in [1.82, 2.24) is 9.88 Å². The molecule has 0 aliphatic rings. The molecule has 0 aliphatic carbocycles. The molecule has 196 valence electrons. The molecule has 6 rings (SSSR count). The Labute approximate surface area is 232 Å². The Morgan fingerprint density at radius 1 is 0.750 bits per heavy atom. The summed E-state index contributed by atoms with van der Waals surface area (Å²) in [5.74, 6) is -1.16. The zero-order valence-electron chi connectivity index (χ0n) is 22.0. The summed E-state index contributed by atoms with van der Waals surface area (Å²) < 4.78 is 2.13. The van der Waals surface area contributed by atoms with Crippen LogP contribution in [0.25, 0.3) is 32.8 Å². The molecule has 5 aromatic carbocycles. The summed E-state index contributed by atoms with van der Waals surface area (Å²) in [5, 5.41) is 15.7. The molecule has 0 fully saturated rings. The highest BCUT2D eigenvalue weighted by Crippen LogP contribution is 2.30. The van der Waals surface area contributed by atoms with E-state index in [0.717, 1.165) is 33.2 Å². The fourth-order valence-corrected chi connectivity index (χ4v) is 5.26. The van der Waals surface area contributed by atoms with E-state index in [1.54, 1.807) is 24.3 Å². The molecule has 1 atom stereocenters. The van der Waals surface area contributed by atoms with Gasteiger partial charge in [0.25, 0.3) is 5.91 Å². The maximum atomic E-state index is 13.9. The van der Waals surface area contributed by atoms with Crippen molar-refractivity contribution in [2.75, 3.05) is 0 Å². The first-order chi connectivity index (χ1) is 19.5. The molecule has 6 aromatic rings. The Bertz CT molecular complexity index is 1850. The summed E-state index contributed by atoms with van der Waals surface area (Å²) in [6.07, 6.45) is 2.04. The standard InChI is InChI=1S/C35H28N2O3/c1-23(25-13-15-28(16-14-25)35(39)40)36-34(38)32-21-31(26-7-3-2-4-8-26)20-30-17-18-37(33(30)32)22-24-11-12-27-9-5-6-10-29(27)19-24/h2-21,23H,22H2,1H3,(H,36,38)(H,39,40)/t23-/m0/s1. The third kappa shape index (κ3) is 4.97. The molecule has 1 aromatic heterocycles. The van der Waals surface area contributed by atoms with Crippen molar-refractivity contribution in [2.45, 2.75) is 19.5 Å². The summed E-state index contributed by atoms with van der Waals surface area (Å²) in [4.78, 5) is 25.1. The van der Waals surface area contributed by atoms with Gasteiger partial charge in [0.15, 0.2) is 0 Å². The van der Waals surface area contributed by atoms with Gasteiger partial charge in [-0.3, -0.25) is 4.79 Å². The number of hydrogen-bond donors (Lipinski definition) is 2. The van der Waals surface area contributed by atoms with E-state index in [1.165, 1.54) is 10.8 Å². The first-order valence-corrected chi connectivity index (χ1v) is 13.3.